The van der Waals surface area contributed by atoms with Crippen LogP contribution in [-0.2, 0) is 16.2 Å². The highest BCUT2D eigenvalue weighted by Gasteiger charge is 2.42. The lowest BCUT2D eigenvalue weighted by Crippen LogP contribution is -2.26. The average molecular weight is 551 g/mol. The fraction of sp³-hybridized carbons (Fsp3) is 0.209. The summed E-state index contributed by atoms with van der Waals surface area (Å²) in [7, 11) is 0. The first-order chi connectivity index (χ1) is 20.6. The number of fused-ring (bicyclic) bond motifs is 8. The lowest BCUT2D eigenvalue weighted by Gasteiger charge is -2.40. The zero-order valence-electron chi connectivity index (χ0n) is 25.7. The molecule has 0 atom stereocenters. The minimum Gasteiger partial charge on any atom is -0.0619 e. The maximum Gasteiger partial charge on any atom is 0.0159 e. The minimum atomic E-state index is -0.119. The van der Waals surface area contributed by atoms with Crippen LogP contribution in [0.4, 0.5) is 0 Å². The first-order valence-electron chi connectivity index (χ1n) is 15.8. The maximum absolute atomic E-state index is 2.60. The van der Waals surface area contributed by atoms with E-state index < -0.39 is 0 Å². The van der Waals surface area contributed by atoms with Crippen LogP contribution in [0.25, 0.3) is 65.7 Å². The standard InChI is InChI=1S/C43H34/c1-41(2)30-16-10-7-13-24(30)27-21-28-25-14-8-11-17-31(25)42(3,4)35-22-29-36-23(20-34(41)38(27)40(36)39(28)35)19-33-37(29)26-15-9-12-18-32(26)43(33,5)6/h7-22H,1-6H3. The van der Waals surface area contributed by atoms with Crippen LogP contribution in [0.5, 0.6) is 0 Å². The molecule has 0 heteroatoms. The molecule has 0 amide bonds. The SMILES string of the molecule is CC1(C)c2ccccc2-c2c1cc1cc3c4c(cc5c6c(cc2c1c46)C(C)(C)c1ccccc1-5)-c1ccccc1C3(C)C. The lowest BCUT2D eigenvalue weighted by molar-refractivity contribution is 0.643. The number of hydrogen-bond acceptors (Lipinski definition) is 0. The van der Waals surface area contributed by atoms with Crippen LogP contribution >= 0.6 is 0 Å². The quantitative estimate of drug-likeness (QED) is 0.165. The van der Waals surface area contributed by atoms with E-state index in [0.717, 1.165) is 0 Å². The summed E-state index contributed by atoms with van der Waals surface area (Å²) in [5.74, 6) is 0. The molecular formula is C43H34. The second-order valence-electron chi connectivity index (χ2n) is 14.9. The summed E-state index contributed by atoms with van der Waals surface area (Å²) in [6.45, 7) is 14.6. The first-order valence-corrected chi connectivity index (χ1v) is 15.8. The van der Waals surface area contributed by atoms with Crippen molar-refractivity contribution in [3.63, 3.8) is 0 Å². The number of hydrogen-bond donors (Lipinski definition) is 0. The van der Waals surface area contributed by atoms with E-state index in [2.05, 4.69) is 139 Å². The van der Waals surface area contributed by atoms with Gasteiger partial charge in [0.2, 0.25) is 0 Å². The Labute approximate surface area is 253 Å². The summed E-state index contributed by atoms with van der Waals surface area (Å²) in [5, 5.41) is 8.65. The summed E-state index contributed by atoms with van der Waals surface area (Å²) in [4.78, 5) is 0. The smallest absolute Gasteiger partial charge is 0.0159 e. The molecule has 0 saturated heterocycles. The van der Waals surface area contributed by atoms with Crippen molar-refractivity contribution in [2.45, 2.75) is 57.8 Å². The molecule has 0 N–H and O–H groups in total. The predicted molar refractivity (Wildman–Crippen MR) is 183 cm³/mol. The van der Waals surface area contributed by atoms with Crippen molar-refractivity contribution in [2.75, 3.05) is 0 Å². The molecule has 0 aliphatic heterocycles. The van der Waals surface area contributed by atoms with Crippen LogP contribution in [0.15, 0.2) is 97.1 Å². The molecule has 3 aliphatic carbocycles. The first kappa shape index (κ1) is 24.1. The molecule has 7 aromatic carbocycles. The summed E-state index contributed by atoms with van der Waals surface area (Å²) < 4.78 is 0. The molecule has 206 valence electrons. The van der Waals surface area contributed by atoms with E-state index in [1.165, 1.54) is 99.1 Å². The average Bonchev–Trinajstić information content (AvgIpc) is 3.24. The highest BCUT2D eigenvalue weighted by molar-refractivity contribution is 6.33. The predicted octanol–water partition coefficient (Wildman–Crippen LogP) is 11.5. The molecule has 10 rings (SSSR count). The molecule has 0 spiro atoms. The van der Waals surface area contributed by atoms with Crippen LogP contribution in [-0.4, -0.2) is 0 Å². The van der Waals surface area contributed by atoms with Crippen molar-refractivity contribution in [3.05, 3.63) is 130 Å². The molecule has 0 aromatic heterocycles. The highest BCUT2D eigenvalue weighted by Crippen LogP contribution is 2.61. The largest absolute Gasteiger partial charge is 0.0619 e. The van der Waals surface area contributed by atoms with E-state index in [1.807, 2.05) is 0 Å². The molecule has 0 radical (unpaired) electrons. The van der Waals surface area contributed by atoms with Gasteiger partial charge in [-0.25, -0.2) is 0 Å². The lowest BCUT2D eigenvalue weighted by atomic mass is 9.63. The third-order valence-electron chi connectivity index (χ3n) is 11.8. The van der Waals surface area contributed by atoms with Gasteiger partial charge < -0.3 is 0 Å². The third kappa shape index (κ3) is 2.55. The van der Waals surface area contributed by atoms with Gasteiger partial charge in [-0.1, -0.05) is 114 Å². The Balaban J connectivity index is 1.54. The highest BCUT2D eigenvalue weighted by atomic mass is 14.4. The Bertz CT molecular complexity index is 2380. The third-order valence-corrected chi connectivity index (χ3v) is 11.8. The van der Waals surface area contributed by atoms with Crippen LogP contribution in [0, 0.1) is 0 Å². The van der Waals surface area contributed by atoms with Crippen molar-refractivity contribution in [2.24, 2.45) is 0 Å². The fourth-order valence-corrected chi connectivity index (χ4v) is 9.60. The maximum atomic E-state index is 2.60. The van der Waals surface area contributed by atoms with Crippen molar-refractivity contribution < 1.29 is 0 Å². The van der Waals surface area contributed by atoms with Crippen molar-refractivity contribution in [1.82, 2.24) is 0 Å². The minimum absolute atomic E-state index is 0.0502. The van der Waals surface area contributed by atoms with Gasteiger partial charge in [0.25, 0.3) is 0 Å². The molecule has 0 heterocycles. The molecule has 0 bridgehead atoms. The molecule has 3 aliphatic rings. The fourth-order valence-electron chi connectivity index (χ4n) is 9.60. The Hall–Kier alpha value is -4.42. The van der Waals surface area contributed by atoms with Gasteiger partial charge >= 0.3 is 0 Å². The Morgan fingerprint density at radius 1 is 0.349 bits per heavy atom. The van der Waals surface area contributed by atoms with Gasteiger partial charge in [-0.05, 0) is 123 Å². The van der Waals surface area contributed by atoms with Gasteiger partial charge in [0.05, 0.1) is 0 Å². The monoisotopic (exact) mass is 550 g/mol. The van der Waals surface area contributed by atoms with Gasteiger partial charge in [0.15, 0.2) is 0 Å². The van der Waals surface area contributed by atoms with Crippen molar-refractivity contribution in [1.29, 1.82) is 0 Å². The molecule has 7 aromatic rings. The molecular weight excluding hydrogens is 516 g/mol. The van der Waals surface area contributed by atoms with E-state index >= 15 is 0 Å². The Kier molecular flexibility index (Phi) is 4.03. The second kappa shape index (κ2) is 7.20. The Morgan fingerprint density at radius 2 is 0.791 bits per heavy atom. The molecule has 0 fully saturated rings. The van der Waals surface area contributed by atoms with Crippen molar-refractivity contribution >= 4 is 32.3 Å². The molecule has 43 heavy (non-hydrogen) atoms. The normalized spacial score (nSPS) is 17.6. The number of benzene rings is 7. The van der Waals surface area contributed by atoms with Gasteiger partial charge in [0.1, 0.15) is 0 Å². The second-order valence-corrected chi connectivity index (χ2v) is 14.9. The van der Waals surface area contributed by atoms with E-state index in [9.17, 15) is 0 Å². The summed E-state index contributed by atoms with van der Waals surface area (Å²) >= 11 is 0. The van der Waals surface area contributed by atoms with Crippen LogP contribution in [0.1, 0.15) is 74.9 Å². The van der Waals surface area contributed by atoms with Crippen LogP contribution in [0.3, 0.4) is 0 Å². The van der Waals surface area contributed by atoms with E-state index in [0.29, 0.717) is 0 Å². The van der Waals surface area contributed by atoms with Gasteiger partial charge in [-0.3, -0.25) is 0 Å². The summed E-state index contributed by atoms with van der Waals surface area (Å²) in [5.41, 5.74) is 16.8. The summed E-state index contributed by atoms with van der Waals surface area (Å²) in [6.07, 6.45) is 0. The zero-order chi connectivity index (χ0) is 29.2. The summed E-state index contributed by atoms with van der Waals surface area (Å²) in [6, 6.07) is 37.7. The molecule has 0 unspecified atom stereocenters. The Morgan fingerprint density at radius 3 is 1.37 bits per heavy atom. The number of rotatable bonds is 0. The van der Waals surface area contributed by atoms with Gasteiger partial charge in [-0.15, -0.1) is 0 Å². The topological polar surface area (TPSA) is 0 Å². The van der Waals surface area contributed by atoms with E-state index in [1.54, 1.807) is 0 Å². The van der Waals surface area contributed by atoms with Gasteiger partial charge in [-0.2, -0.15) is 0 Å². The van der Waals surface area contributed by atoms with Gasteiger partial charge in [0, 0.05) is 16.2 Å². The van der Waals surface area contributed by atoms with E-state index in [-0.39, 0.29) is 16.2 Å². The molecule has 0 nitrogen and oxygen atoms in total. The molecule has 0 saturated carbocycles. The zero-order valence-corrected chi connectivity index (χ0v) is 25.7. The van der Waals surface area contributed by atoms with Crippen LogP contribution < -0.4 is 0 Å². The van der Waals surface area contributed by atoms with Crippen molar-refractivity contribution in [3.8, 4) is 33.4 Å². The van der Waals surface area contributed by atoms with Crippen LogP contribution in [0.2, 0.25) is 0 Å². The van der Waals surface area contributed by atoms with E-state index in [4.69, 9.17) is 0 Å².